The molecule has 2 heterocycles. The SMILES string of the molecule is COc1ccc(C2CCCN(C3CCN(Cc4ccc(C)cc4)C3=O)C2)cc1. The first-order valence-corrected chi connectivity index (χ1v) is 10.4. The van der Waals surface area contributed by atoms with E-state index in [0.29, 0.717) is 11.8 Å². The molecule has 2 aliphatic rings. The first-order chi connectivity index (χ1) is 13.6. The zero-order chi connectivity index (χ0) is 19.5. The van der Waals surface area contributed by atoms with Crippen molar-refractivity contribution in [2.24, 2.45) is 0 Å². The molecule has 0 N–H and O–H groups in total. The average molecular weight is 379 g/mol. The Morgan fingerprint density at radius 3 is 2.46 bits per heavy atom. The monoisotopic (exact) mass is 378 g/mol. The highest BCUT2D eigenvalue weighted by molar-refractivity contribution is 5.84. The highest BCUT2D eigenvalue weighted by atomic mass is 16.5. The Balaban J connectivity index is 1.39. The molecule has 2 aliphatic heterocycles. The van der Waals surface area contributed by atoms with Gasteiger partial charge in [0.15, 0.2) is 0 Å². The Bertz CT molecular complexity index is 800. The van der Waals surface area contributed by atoms with E-state index in [0.717, 1.165) is 44.8 Å². The predicted octanol–water partition coefficient (Wildman–Crippen LogP) is 3.98. The van der Waals surface area contributed by atoms with Crippen molar-refractivity contribution >= 4 is 5.91 Å². The number of hydrogen-bond acceptors (Lipinski definition) is 3. The lowest BCUT2D eigenvalue weighted by atomic mass is 9.89. The maximum absolute atomic E-state index is 13.1. The van der Waals surface area contributed by atoms with Gasteiger partial charge in [0, 0.05) is 19.6 Å². The summed E-state index contributed by atoms with van der Waals surface area (Å²) in [6.45, 7) is 5.69. The number of benzene rings is 2. The summed E-state index contributed by atoms with van der Waals surface area (Å²) in [5.74, 6) is 1.70. The number of hydrogen-bond donors (Lipinski definition) is 0. The van der Waals surface area contributed by atoms with Crippen molar-refractivity contribution in [2.75, 3.05) is 26.7 Å². The third-order valence-corrected chi connectivity index (χ3v) is 6.24. The smallest absolute Gasteiger partial charge is 0.240 e. The van der Waals surface area contributed by atoms with Gasteiger partial charge < -0.3 is 9.64 Å². The van der Waals surface area contributed by atoms with Crippen LogP contribution in [0.3, 0.4) is 0 Å². The van der Waals surface area contributed by atoms with Gasteiger partial charge in [-0.15, -0.1) is 0 Å². The standard InChI is InChI=1S/C24H30N2O2/c1-18-5-7-19(8-6-18)16-26-15-13-23(24(26)27)25-14-3-4-21(17-25)20-9-11-22(28-2)12-10-20/h5-12,21,23H,3-4,13-17H2,1-2H3. The summed E-state index contributed by atoms with van der Waals surface area (Å²) in [5.41, 5.74) is 3.83. The average Bonchev–Trinajstić information content (AvgIpc) is 3.10. The van der Waals surface area contributed by atoms with Gasteiger partial charge in [0.05, 0.1) is 13.2 Å². The van der Waals surface area contributed by atoms with Crippen molar-refractivity contribution in [1.82, 2.24) is 9.80 Å². The summed E-state index contributed by atoms with van der Waals surface area (Å²) in [5, 5.41) is 0. The third kappa shape index (κ3) is 4.07. The molecule has 2 aromatic carbocycles. The van der Waals surface area contributed by atoms with Crippen molar-refractivity contribution in [3.05, 3.63) is 65.2 Å². The van der Waals surface area contributed by atoms with E-state index < -0.39 is 0 Å². The molecule has 0 bridgehead atoms. The second-order valence-corrected chi connectivity index (χ2v) is 8.16. The second kappa shape index (κ2) is 8.36. The van der Waals surface area contributed by atoms with E-state index in [4.69, 9.17) is 4.74 Å². The molecule has 4 heteroatoms. The Morgan fingerprint density at radius 2 is 1.75 bits per heavy atom. The molecule has 4 nitrogen and oxygen atoms in total. The highest BCUT2D eigenvalue weighted by Crippen LogP contribution is 2.31. The van der Waals surface area contributed by atoms with Crippen LogP contribution in [0, 0.1) is 6.92 Å². The molecule has 0 radical (unpaired) electrons. The third-order valence-electron chi connectivity index (χ3n) is 6.24. The minimum atomic E-state index is 0.0477. The predicted molar refractivity (Wildman–Crippen MR) is 112 cm³/mol. The van der Waals surface area contributed by atoms with Gasteiger partial charge in [-0.1, -0.05) is 42.0 Å². The number of rotatable bonds is 5. The molecular weight excluding hydrogens is 348 g/mol. The van der Waals surface area contributed by atoms with Crippen LogP contribution in [0.2, 0.25) is 0 Å². The molecule has 2 saturated heterocycles. The van der Waals surface area contributed by atoms with Gasteiger partial charge in [0.1, 0.15) is 5.75 Å². The fourth-order valence-corrected chi connectivity index (χ4v) is 4.57. The number of amides is 1. The zero-order valence-corrected chi connectivity index (χ0v) is 16.9. The molecule has 0 aromatic heterocycles. The lowest BCUT2D eigenvalue weighted by molar-refractivity contribution is -0.133. The summed E-state index contributed by atoms with van der Waals surface area (Å²) in [7, 11) is 1.70. The number of methoxy groups -OCH3 is 1. The van der Waals surface area contributed by atoms with Gasteiger partial charge in [-0.3, -0.25) is 9.69 Å². The largest absolute Gasteiger partial charge is 0.497 e. The Kier molecular flexibility index (Phi) is 5.67. The van der Waals surface area contributed by atoms with E-state index >= 15 is 0 Å². The van der Waals surface area contributed by atoms with Crippen molar-refractivity contribution in [3.63, 3.8) is 0 Å². The molecule has 2 aromatic rings. The van der Waals surface area contributed by atoms with Crippen LogP contribution in [0.5, 0.6) is 5.75 Å². The van der Waals surface area contributed by atoms with Crippen LogP contribution < -0.4 is 4.74 Å². The molecular formula is C24H30N2O2. The number of likely N-dealkylation sites (tertiary alicyclic amines) is 2. The summed E-state index contributed by atoms with van der Waals surface area (Å²) in [6.07, 6.45) is 3.29. The van der Waals surface area contributed by atoms with Crippen LogP contribution in [0.15, 0.2) is 48.5 Å². The Morgan fingerprint density at radius 1 is 1.00 bits per heavy atom. The van der Waals surface area contributed by atoms with Gasteiger partial charge in [-0.25, -0.2) is 0 Å². The quantitative estimate of drug-likeness (QED) is 0.789. The molecule has 148 valence electrons. The van der Waals surface area contributed by atoms with Gasteiger partial charge in [0.25, 0.3) is 0 Å². The molecule has 1 amide bonds. The second-order valence-electron chi connectivity index (χ2n) is 8.16. The Hall–Kier alpha value is -2.33. The summed E-state index contributed by atoms with van der Waals surface area (Å²) < 4.78 is 5.28. The molecule has 2 fully saturated rings. The number of nitrogens with zero attached hydrogens (tertiary/aromatic N) is 2. The van der Waals surface area contributed by atoms with Crippen molar-refractivity contribution in [1.29, 1.82) is 0 Å². The number of aryl methyl sites for hydroxylation is 1. The lowest BCUT2D eigenvalue weighted by Crippen LogP contribution is -2.46. The number of carbonyl (C=O) groups is 1. The van der Waals surface area contributed by atoms with E-state index in [1.54, 1.807) is 7.11 Å². The van der Waals surface area contributed by atoms with E-state index in [1.165, 1.54) is 23.1 Å². The fourth-order valence-electron chi connectivity index (χ4n) is 4.57. The van der Waals surface area contributed by atoms with Crippen LogP contribution >= 0.6 is 0 Å². The molecule has 28 heavy (non-hydrogen) atoms. The van der Waals surface area contributed by atoms with Crippen molar-refractivity contribution in [2.45, 2.75) is 44.7 Å². The molecule has 0 aliphatic carbocycles. The van der Waals surface area contributed by atoms with E-state index in [2.05, 4.69) is 48.2 Å². The zero-order valence-electron chi connectivity index (χ0n) is 16.9. The summed E-state index contributed by atoms with van der Waals surface area (Å²) in [6, 6.07) is 17.0. The van der Waals surface area contributed by atoms with Crippen LogP contribution in [-0.2, 0) is 11.3 Å². The first-order valence-electron chi connectivity index (χ1n) is 10.4. The van der Waals surface area contributed by atoms with Gasteiger partial charge in [0.2, 0.25) is 5.91 Å². The number of ether oxygens (including phenoxy) is 1. The molecule has 2 unspecified atom stereocenters. The summed E-state index contributed by atoms with van der Waals surface area (Å²) in [4.78, 5) is 17.5. The van der Waals surface area contributed by atoms with Crippen molar-refractivity contribution in [3.8, 4) is 5.75 Å². The normalized spacial score (nSPS) is 23.2. The topological polar surface area (TPSA) is 32.8 Å². The molecule has 0 saturated carbocycles. The number of piperidine rings is 1. The van der Waals surface area contributed by atoms with Crippen molar-refractivity contribution < 1.29 is 9.53 Å². The highest BCUT2D eigenvalue weighted by Gasteiger charge is 2.37. The molecule has 4 rings (SSSR count). The van der Waals surface area contributed by atoms with Crippen LogP contribution in [0.1, 0.15) is 41.9 Å². The van der Waals surface area contributed by atoms with Gasteiger partial charge >= 0.3 is 0 Å². The summed E-state index contributed by atoms with van der Waals surface area (Å²) >= 11 is 0. The first kappa shape index (κ1) is 19.0. The van der Waals surface area contributed by atoms with E-state index in [1.807, 2.05) is 17.0 Å². The fraction of sp³-hybridized carbons (Fsp3) is 0.458. The van der Waals surface area contributed by atoms with Crippen LogP contribution in [0.4, 0.5) is 0 Å². The molecule has 2 atom stereocenters. The minimum absolute atomic E-state index is 0.0477. The van der Waals surface area contributed by atoms with E-state index in [9.17, 15) is 4.79 Å². The van der Waals surface area contributed by atoms with Crippen LogP contribution in [-0.4, -0.2) is 48.5 Å². The Labute approximate surface area is 168 Å². The molecule has 0 spiro atoms. The maximum Gasteiger partial charge on any atom is 0.240 e. The maximum atomic E-state index is 13.1. The van der Waals surface area contributed by atoms with Gasteiger partial charge in [-0.2, -0.15) is 0 Å². The van der Waals surface area contributed by atoms with E-state index in [-0.39, 0.29) is 6.04 Å². The minimum Gasteiger partial charge on any atom is -0.497 e. The lowest BCUT2D eigenvalue weighted by Gasteiger charge is -2.36. The number of carbonyl (C=O) groups excluding carboxylic acids is 1. The van der Waals surface area contributed by atoms with Gasteiger partial charge in [-0.05, 0) is 61.9 Å². The van der Waals surface area contributed by atoms with Crippen LogP contribution in [0.25, 0.3) is 0 Å².